The van der Waals surface area contributed by atoms with Crippen molar-refractivity contribution in [3.05, 3.63) is 47.3 Å². The van der Waals surface area contributed by atoms with Crippen LogP contribution in [0.3, 0.4) is 0 Å². The molecule has 0 radical (unpaired) electrons. The van der Waals surface area contributed by atoms with Gasteiger partial charge in [0.25, 0.3) is 5.91 Å². The van der Waals surface area contributed by atoms with E-state index in [1.165, 1.54) is 0 Å². The Morgan fingerprint density at radius 2 is 1.79 bits per heavy atom. The van der Waals surface area contributed by atoms with E-state index in [2.05, 4.69) is 20.7 Å². The van der Waals surface area contributed by atoms with Crippen LogP contribution in [0.4, 0.5) is 11.6 Å². The van der Waals surface area contributed by atoms with Crippen LogP contribution in [0.1, 0.15) is 21.7 Å². The highest BCUT2D eigenvalue weighted by Gasteiger charge is 2.12. The quantitative estimate of drug-likeness (QED) is 0.574. The Labute approximate surface area is 111 Å². The molecule has 1 amide bonds. The van der Waals surface area contributed by atoms with Gasteiger partial charge < -0.3 is 5.43 Å². The molecule has 0 aliphatic rings. The van der Waals surface area contributed by atoms with E-state index >= 15 is 0 Å². The summed E-state index contributed by atoms with van der Waals surface area (Å²) in [7, 11) is 0. The molecule has 1 aromatic heterocycles. The van der Waals surface area contributed by atoms with E-state index in [1.807, 2.05) is 19.9 Å². The van der Waals surface area contributed by atoms with Gasteiger partial charge in [-0.25, -0.2) is 9.97 Å². The van der Waals surface area contributed by atoms with Crippen molar-refractivity contribution in [1.29, 1.82) is 0 Å². The Bertz CT molecular complexity index is 591. The number of hydrazine groups is 1. The number of hydrogen-bond acceptors (Lipinski definition) is 5. The fourth-order valence-corrected chi connectivity index (χ4v) is 1.76. The lowest BCUT2D eigenvalue weighted by Gasteiger charge is -2.09. The first-order valence-corrected chi connectivity index (χ1v) is 5.79. The summed E-state index contributed by atoms with van der Waals surface area (Å²) in [4.78, 5) is 20.5. The molecule has 2 rings (SSSR count). The molecule has 1 heterocycles. The maximum absolute atomic E-state index is 12.1. The fourth-order valence-electron chi connectivity index (χ4n) is 1.76. The fraction of sp³-hybridized carbons (Fsp3) is 0.154. The van der Waals surface area contributed by atoms with Crippen LogP contribution < -0.4 is 16.6 Å². The largest absolute Gasteiger partial charge is 0.323 e. The number of hydrogen-bond donors (Lipinski definition) is 3. The maximum atomic E-state index is 12.1. The third-order valence-corrected chi connectivity index (χ3v) is 2.53. The summed E-state index contributed by atoms with van der Waals surface area (Å²) < 4.78 is 0. The van der Waals surface area contributed by atoms with Crippen LogP contribution in [-0.2, 0) is 0 Å². The summed E-state index contributed by atoms with van der Waals surface area (Å²) >= 11 is 0. The minimum absolute atomic E-state index is 0.286. The Balaban J connectivity index is 2.25. The lowest BCUT2D eigenvalue weighted by atomic mass is 10.1. The first-order chi connectivity index (χ1) is 9.10. The van der Waals surface area contributed by atoms with E-state index in [0.717, 1.165) is 11.4 Å². The van der Waals surface area contributed by atoms with E-state index in [4.69, 9.17) is 5.84 Å². The van der Waals surface area contributed by atoms with Crippen LogP contribution in [0.25, 0.3) is 0 Å². The smallest absolute Gasteiger partial charge is 0.260 e. The molecule has 6 heteroatoms. The molecular weight excluding hydrogens is 242 g/mol. The van der Waals surface area contributed by atoms with Crippen molar-refractivity contribution in [3.8, 4) is 0 Å². The number of amides is 1. The topological polar surface area (TPSA) is 92.9 Å². The minimum atomic E-state index is -0.307. The molecule has 98 valence electrons. The lowest BCUT2D eigenvalue weighted by molar-refractivity contribution is 0.102. The van der Waals surface area contributed by atoms with Crippen molar-refractivity contribution >= 4 is 17.5 Å². The summed E-state index contributed by atoms with van der Waals surface area (Å²) in [6.45, 7) is 3.69. The molecule has 4 N–H and O–H groups in total. The van der Waals surface area contributed by atoms with Gasteiger partial charge in [-0.1, -0.05) is 12.1 Å². The van der Waals surface area contributed by atoms with Crippen LogP contribution in [0, 0.1) is 13.8 Å². The molecule has 0 spiro atoms. The Morgan fingerprint density at radius 1 is 1.16 bits per heavy atom. The zero-order valence-corrected chi connectivity index (χ0v) is 10.8. The van der Waals surface area contributed by atoms with Gasteiger partial charge in [0, 0.05) is 11.4 Å². The second-order valence-corrected chi connectivity index (χ2v) is 4.12. The molecule has 0 atom stereocenters. The van der Waals surface area contributed by atoms with Gasteiger partial charge in [-0.3, -0.25) is 16.0 Å². The SMILES string of the molecule is Cc1cc(C)nc(NC(=O)c2ccccc2NN)n1. The predicted molar refractivity (Wildman–Crippen MR) is 73.7 cm³/mol. The van der Waals surface area contributed by atoms with Gasteiger partial charge in [-0.2, -0.15) is 0 Å². The number of rotatable bonds is 3. The van der Waals surface area contributed by atoms with Crippen molar-refractivity contribution < 1.29 is 4.79 Å². The normalized spacial score (nSPS) is 10.1. The first kappa shape index (κ1) is 13.0. The molecule has 0 unspecified atom stereocenters. The summed E-state index contributed by atoms with van der Waals surface area (Å²) in [5.41, 5.74) is 5.07. The number of carbonyl (C=O) groups excluding carboxylic acids is 1. The Kier molecular flexibility index (Phi) is 3.72. The molecule has 0 saturated heterocycles. The van der Waals surface area contributed by atoms with Crippen molar-refractivity contribution in [2.75, 3.05) is 10.7 Å². The number of nitrogens with one attached hydrogen (secondary N) is 2. The summed E-state index contributed by atoms with van der Waals surface area (Å²) in [5.74, 6) is 5.35. The highest BCUT2D eigenvalue weighted by atomic mass is 16.1. The third-order valence-electron chi connectivity index (χ3n) is 2.53. The van der Waals surface area contributed by atoms with Crippen molar-refractivity contribution in [1.82, 2.24) is 9.97 Å². The van der Waals surface area contributed by atoms with E-state index in [-0.39, 0.29) is 11.9 Å². The highest BCUT2D eigenvalue weighted by molar-refractivity contribution is 6.07. The molecule has 0 aliphatic heterocycles. The molecule has 0 aliphatic carbocycles. The average Bonchev–Trinajstić information content (AvgIpc) is 2.37. The van der Waals surface area contributed by atoms with Crippen LogP contribution in [0.2, 0.25) is 0 Å². The van der Waals surface area contributed by atoms with E-state index in [9.17, 15) is 4.79 Å². The molecule has 6 nitrogen and oxygen atoms in total. The molecule has 0 bridgehead atoms. The number of benzene rings is 1. The van der Waals surface area contributed by atoms with E-state index in [1.54, 1.807) is 24.3 Å². The number of aromatic nitrogens is 2. The Morgan fingerprint density at radius 3 is 2.42 bits per heavy atom. The van der Waals surface area contributed by atoms with Gasteiger partial charge in [-0.05, 0) is 32.0 Å². The van der Waals surface area contributed by atoms with Gasteiger partial charge in [0.15, 0.2) is 0 Å². The number of anilines is 2. The molecular formula is C13H15N5O. The standard InChI is InChI=1S/C13H15N5O/c1-8-7-9(2)16-13(15-8)17-12(19)10-5-3-4-6-11(10)18-14/h3-7,18H,14H2,1-2H3,(H,15,16,17,19). The van der Waals surface area contributed by atoms with Crippen LogP contribution in [0.15, 0.2) is 30.3 Å². The van der Waals surface area contributed by atoms with Crippen LogP contribution in [0.5, 0.6) is 0 Å². The van der Waals surface area contributed by atoms with E-state index in [0.29, 0.717) is 11.3 Å². The number of para-hydroxylation sites is 1. The first-order valence-electron chi connectivity index (χ1n) is 5.79. The van der Waals surface area contributed by atoms with E-state index < -0.39 is 0 Å². The van der Waals surface area contributed by atoms with Gasteiger partial charge in [0.1, 0.15) is 0 Å². The van der Waals surface area contributed by atoms with Gasteiger partial charge in [0.2, 0.25) is 5.95 Å². The summed E-state index contributed by atoms with van der Waals surface area (Å²) in [6.07, 6.45) is 0. The zero-order valence-electron chi connectivity index (χ0n) is 10.8. The number of carbonyl (C=O) groups is 1. The van der Waals surface area contributed by atoms with Crippen molar-refractivity contribution in [3.63, 3.8) is 0 Å². The molecule has 2 aromatic rings. The molecule has 0 fully saturated rings. The Hall–Kier alpha value is -2.47. The van der Waals surface area contributed by atoms with Gasteiger partial charge >= 0.3 is 0 Å². The summed E-state index contributed by atoms with van der Waals surface area (Å²) in [6, 6.07) is 8.78. The van der Waals surface area contributed by atoms with Gasteiger partial charge in [0.05, 0.1) is 11.3 Å². The molecule has 0 saturated carbocycles. The average molecular weight is 257 g/mol. The molecule has 19 heavy (non-hydrogen) atoms. The number of nitrogen functional groups attached to an aromatic ring is 1. The maximum Gasteiger partial charge on any atom is 0.260 e. The van der Waals surface area contributed by atoms with Crippen LogP contribution >= 0.6 is 0 Å². The lowest BCUT2D eigenvalue weighted by Crippen LogP contribution is -2.18. The highest BCUT2D eigenvalue weighted by Crippen LogP contribution is 2.15. The zero-order chi connectivity index (χ0) is 13.8. The number of aryl methyl sites for hydroxylation is 2. The second kappa shape index (κ2) is 5.45. The third kappa shape index (κ3) is 3.05. The summed E-state index contributed by atoms with van der Waals surface area (Å²) in [5, 5.41) is 2.66. The second-order valence-electron chi connectivity index (χ2n) is 4.12. The monoisotopic (exact) mass is 257 g/mol. The predicted octanol–water partition coefficient (Wildman–Crippen LogP) is 1.63. The number of nitrogens with zero attached hydrogens (tertiary/aromatic N) is 2. The molecule has 1 aromatic carbocycles. The van der Waals surface area contributed by atoms with Crippen LogP contribution in [-0.4, -0.2) is 15.9 Å². The van der Waals surface area contributed by atoms with Crippen molar-refractivity contribution in [2.24, 2.45) is 5.84 Å². The van der Waals surface area contributed by atoms with Crippen molar-refractivity contribution in [2.45, 2.75) is 13.8 Å². The van der Waals surface area contributed by atoms with Gasteiger partial charge in [-0.15, -0.1) is 0 Å². The minimum Gasteiger partial charge on any atom is -0.323 e. The number of nitrogens with two attached hydrogens (primary N) is 1.